The Balaban J connectivity index is 3.14. The Morgan fingerprint density at radius 2 is 1.08 bits per heavy atom. The second-order valence-corrected chi connectivity index (χ2v) is 5.88. The largest absolute Gasteiger partial charge is 0.458 e. The minimum Gasteiger partial charge on any atom is -0.458 e. The van der Waals surface area contributed by atoms with E-state index in [9.17, 15) is 4.79 Å². The molecule has 0 aromatic carbocycles. The molecule has 0 bridgehead atoms. The van der Waals surface area contributed by atoms with Crippen LogP contribution < -0.4 is 5.73 Å². The summed E-state index contributed by atoms with van der Waals surface area (Å²) in [6, 6.07) is 0. The fourth-order valence-corrected chi connectivity index (χ4v) is 1.49. The Morgan fingerprint density at radius 3 is 1.46 bits per heavy atom. The van der Waals surface area contributed by atoms with Gasteiger partial charge < -0.3 is 34.2 Å². The maximum absolute atomic E-state index is 11.4. The molecule has 0 unspecified atom stereocenters. The zero-order valence-corrected chi connectivity index (χ0v) is 15.2. The first-order valence-corrected chi connectivity index (χ1v) is 8.26. The first kappa shape index (κ1) is 23.2. The number of hydrogen-bond donors (Lipinski definition) is 1. The second kappa shape index (κ2) is 15.7. The lowest BCUT2D eigenvalue weighted by molar-refractivity contribution is -0.160. The molecule has 0 amide bonds. The standard InChI is InChI=1S/C16H33NO7/c1-16(2,3)24-15(18)14-23-13-12-22-11-10-21-9-8-20-7-6-19-5-4-17/h4-14,17H2,1-3H3. The summed E-state index contributed by atoms with van der Waals surface area (Å²) in [7, 11) is 0. The van der Waals surface area contributed by atoms with Gasteiger partial charge in [0.05, 0.1) is 59.5 Å². The van der Waals surface area contributed by atoms with Crippen molar-refractivity contribution in [3.05, 3.63) is 0 Å². The highest BCUT2D eigenvalue weighted by Gasteiger charge is 2.15. The lowest BCUT2D eigenvalue weighted by Crippen LogP contribution is -2.27. The van der Waals surface area contributed by atoms with E-state index in [1.807, 2.05) is 20.8 Å². The Hall–Kier alpha value is -0.770. The Bertz CT molecular complexity index is 295. The van der Waals surface area contributed by atoms with E-state index in [1.165, 1.54) is 0 Å². The minimum atomic E-state index is -0.491. The number of carbonyl (C=O) groups is 1. The molecule has 0 aliphatic carbocycles. The van der Waals surface area contributed by atoms with E-state index in [-0.39, 0.29) is 12.6 Å². The molecule has 0 aromatic rings. The van der Waals surface area contributed by atoms with Gasteiger partial charge in [-0.1, -0.05) is 0 Å². The SMILES string of the molecule is CC(C)(C)OC(=O)COCCOCCOCCOCCOCCN. The summed E-state index contributed by atoms with van der Waals surface area (Å²) in [6.07, 6.45) is 0. The molecule has 0 fully saturated rings. The van der Waals surface area contributed by atoms with Gasteiger partial charge in [0.25, 0.3) is 0 Å². The molecule has 0 aliphatic heterocycles. The van der Waals surface area contributed by atoms with Crippen molar-refractivity contribution in [2.24, 2.45) is 5.73 Å². The van der Waals surface area contributed by atoms with Crippen LogP contribution in [-0.4, -0.2) is 84.2 Å². The summed E-state index contributed by atoms with van der Waals surface area (Å²) >= 11 is 0. The summed E-state index contributed by atoms with van der Waals surface area (Å²) in [4.78, 5) is 11.4. The average Bonchev–Trinajstić information content (AvgIpc) is 2.49. The molecule has 8 nitrogen and oxygen atoms in total. The lowest BCUT2D eigenvalue weighted by Gasteiger charge is -2.19. The fraction of sp³-hybridized carbons (Fsp3) is 0.938. The molecule has 0 heterocycles. The highest BCUT2D eigenvalue weighted by Crippen LogP contribution is 2.06. The number of ether oxygens (including phenoxy) is 6. The van der Waals surface area contributed by atoms with Crippen LogP contribution in [0.5, 0.6) is 0 Å². The van der Waals surface area contributed by atoms with Gasteiger partial charge in [-0.2, -0.15) is 0 Å². The van der Waals surface area contributed by atoms with Crippen molar-refractivity contribution in [2.45, 2.75) is 26.4 Å². The number of rotatable bonds is 16. The second-order valence-electron chi connectivity index (χ2n) is 5.88. The lowest BCUT2D eigenvalue weighted by atomic mass is 10.2. The minimum absolute atomic E-state index is 0.0660. The first-order chi connectivity index (χ1) is 11.5. The molecule has 0 aromatic heterocycles. The van der Waals surface area contributed by atoms with Gasteiger partial charge in [0.1, 0.15) is 12.2 Å². The zero-order chi connectivity index (χ0) is 18.1. The summed E-state index contributed by atoms with van der Waals surface area (Å²) in [5, 5.41) is 0. The molecular weight excluding hydrogens is 318 g/mol. The average molecular weight is 351 g/mol. The maximum atomic E-state index is 11.4. The van der Waals surface area contributed by atoms with E-state index < -0.39 is 5.60 Å². The normalized spacial score (nSPS) is 11.7. The Labute approximate surface area is 144 Å². The van der Waals surface area contributed by atoms with Crippen molar-refractivity contribution in [3.8, 4) is 0 Å². The first-order valence-electron chi connectivity index (χ1n) is 8.26. The molecule has 0 radical (unpaired) electrons. The van der Waals surface area contributed by atoms with Gasteiger partial charge in [-0.25, -0.2) is 4.79 Å². The molecule has 2 N–H and O–H groups in total. The van der Waals surface area contributed by atoms with Crippen molar-refractivity contribution in [3.63, 3.8) is 0 Å². The third-order valence-corrected chi connectivity index (χ3v) is 2.39. The predicted molar refractivity (Wildman–Crippen MR) is 89.0 cm³/mol. The maximum Gasteiger partial charge on any atom is 0.332 e. The van der Waals surface area contributed by atoms with Crippen LogP contribution in [0.4, 0.5) is 0 Å². The number of carbonyl (C=O) groups excluding carboxylic acids is 1. The van der Waals surface area contributed by atoms with E-state index in [1.54, 1.807) is 0 Å². The molecule has 0 rings (SSSR count). The van der Waals surface area contributed by atoms with Crippen molar-refractivity contribution in [2.75, 3.05) is 72.6 Å². The molecule has 0 aliphatic rings. The van der Waals surface area contributed by atoms with Crippen molar-refractivity contribution in [1.82, 2.24) is 0 Å². The molecule has 0 spiro atoms. The van der Waals surface area contributed by atoms with Gasteiger partial charge in [0.2, 0.25) is 0 Å². The van der Waals surface area contributed by atoms with Crippen LogP contribution in [-0.2, 0) is 33.2 Å². The van der Waals surface area contributed by atoms with Crippen molar-refractivity contribution >= 4 is 5.97 Å². The summed E-state index contributed by atoms with van der Waals surface area (Å²) in [5.41, 5.74) is 4.79. The molecular formula is C16H33NO7. The van der Waals surface area contributed by atoms with Gasteiger partial charge in [0, 0.05) is 6.54 Å². The van der Waals surface area contributed by atoms with E-state index in [4.69, 9.17) is 34.2 Å². The van der Waals surface area contributed by atoms with Crippen LogP contribution in [0.2, 0.25) is 0 Å². The van der Waals surface area contributed by atoms with Crippen LogP contribution in [0.3, 0.4) is 0 Å². The number of hydrogen-bond acceptors (Lipinski definition) is 8. The molecule has 0 saturated heterocycles. The number of nitrogens with two attached hydrogens (primary N) is 1. The Kier molecular flexibility index (Phi) is 15.2. The summed E-state index contributed by atoms with van der Waals surface area (Å²) in [6.45, 7) is 10.3. The summed E-state index contributed by atoms with van der Waals surface area (Å²) in [5.74, 6) is -0.376. The zero-order valence-electron chi connectivity index (χ0n) is 15.2. The van der Waals surface area contributed by atoms with E-state index in [0.29, 0.717) is 66.0 Å². The monoisotopic (exact) mass is 351 g/mol. The molecule has 144 valence electrons. The van der Waals surface area contributed by atoms with Gasteiger partial charge in [-0.15, -0.1) is 0 Å². The van der Waals surface area contributed by atoms with Gasteiger partial charge in [0.15, 0.2) is 0 Å². The molecule has 0 atom stereocenters. The van der Waals surface area contributed by atoms with Crippen molar-refractivity contribution in [1.29, 1.82) is 0 Å². The topological polar surface area (TPSA) is 98.5 Å². The highest BCUT2D eigenvalue weighted by atomic mass is 16.6. The van der Waals surface area contributed by atoms with Crippen molar-refractivity contribution < 1.29 is 33.2 Å². The molecule has 8 heteroatoms. The number of esters is 1. The highest BCUT2D eigenvalue weighted by molar-refractivity contribution is 5.71. The smallest absolute Gasteiger partial charge is 0.332 e. The van der Waals surface area contributed by atoms with Gasteiger partial charge >= 0.3 is 5.97 Å². The van der Waals surface area contributed by atoms with E-state index >= 15 is 0 Å². The van der Waals surface area contributed by atoms with E-state index in [2.05, 4.69) is 0 Å². The Morgan fingerprint density at radius 1 is 0.708 bits per heavy atom. The molecule has 24 heavy (non-hydrogen) atoms. The quantitative estimate of drug-likeness (QED) is 0.315. The van der Waals surface area contributed by atoms with Crippen LogP contribution in [0.1, 0.15) is 20.8 Å². The third kappa shape index (κ3) is 19.3. The van der Waals surface area contributed by atoms with Crippen LogP contribution in [0, 0.1) is 0 Å². The van der Waals surface area contributed by atoms with Gasteiger partial charge in [-0.05, 0) is 20.8 Å². The third-order valence-electron chi connectivity index (χ3n) is 2.39. The summed E-state index contributed by atoms with van der Waals surface area (Å²) < 4.78 is 31.4. The van der Waals surface area contributed by atoms with Gasteiger partial charge in [-0.3, -0.25) is 0 Å². The fourth-order valence-electron chi connectivity index (χ4n) is 1.49. The van der Waals surface area contributed by atoms with Crippen LogP contribution in [0.15, 0.2) is 0 Å². The van der Waals surface area contributed by atoms with E-state index in [0.717, 1.165) is 0 Å². The van der Waals surface area contributed by atoms with Crippen LogP contribution in [0.25, 0.3) is 0 Å². The van der Waals surface area contributed by atoms with Crippen LogP contribution >= 0.6 is 0 Å². The predicted octanol–water partition coefficient (Wildman–Crippen LogP) is 0.370. The molecule has 0 saturated carbocycles.